The van der Waals surface area contributed by atoms with Crippen molar-refractivity contribution < 1.29 is 18.6 Å². The van der Waals surface area contributed by atoms with Gasteiger partial charge in [-0.25, -0.2) is 4.98 Å². The number of ether oxygens (including phenoxy) is 3. The molecule has 0 unspecified atom stereocenters. The summed E-state index contributed by atoms with van der Waals surface area (Å²) < 4.78 is 22.3. The Hall–Kier alpha value is -3.47. The monoisotopic (exact) mass is 389 g/mol. The molecule has 0 N–H and O–H groups in total. The van der Waals surface area contributed by atoms with E-state index < -0.39 is 0 Å². The molecule has 4 aromatic rings. The first-order valence-corrected chi connectivity index (χ1v) is 9.32. The highest BCUT2D eigenvalue weighted by molar-refractivity contribution is 5.83. The lowest BCUT2D eigenvalue weighted by Crippen LogP contribution is -1.92. The van der Waals surface area contributed by atoms with Gasteiger partial charge in [0, 0.05) is 11.6 Å². The molecule has 0 aliphatic heterocycles. The van der Waals surface area contributed by atoms with Gasteiger partial charge in [0.25, 0.3) is 0 Å². The van der Waals surface area contributed by atoms with E-state index in [1.165, 1.54) is 0 Å². The Kier molecular flexibility index (Phi) is 4.89. The molecule has 0 saturated heterocycles. The standard InChI is InChI=1S/C24H23NO4/c1-14-8-17(9-15(2)23(14)28-5)16-6-7-21-22(12-16)29-24(25-21)18-10-19(26-3)13-20(11-18)27-4/h6-13H,1-5H3. The van der Waals surface area contributed by atoms with Gasteiger partial charge in [0.05, 0.1) is 21.3 Å². The highest BCUT2D eigenvalue weighted by Crippen LogP contribution is 2.34. The maximum Gasteiger partial charge on any atom is 0.227 e. The topological polar surface area (TPSA) is 53.7 Å². The normalized spacial score (nSPS) is 10.9. The van der Waals surface area contributed by atoms with E-state index in [0.29, 0.717) is 17.4 Å². The first-order valence-electron chi connectivity index (χ1n) is 9.32. The minimum Gasteiger partial charge on any atom is -0.497 e. The molecule has 4 rings (SSSR count). The Bertz CT molecular complexity index is 1150. The van der Waals surface area contributed by atoms with E-state index in [1.807, 2.05) is 30.3 Å². The minimum absolute atomic E-state index is 0.524. The second-order valence-corrected chi connectivity index (χ2v) is 6.95. The highest BCUT2D eigenvalue weighted by Gasteiger charge is 2.13. The Morgan fingerprint density at radius 3 is 1.93 bits per heavy atom. The van der Waals surface area contributed by atoms with Crippen LogP contribution in [0.3, 0.4) is 0 Å². The number of nitrogens with zero attached hydrogens (tertiary/aromatic N) is 1. The SMILES string of the molecule is COc1cc(OC)cc(-c2nc3ccc(-c4cc(C)c(OC)c(C)c4)cc3o2)c1. The Morgan fingerprint density at radius 2 is 1.34 bits per heavy atom. The number of rotatable bonds is 5. The predicted molar refractivity (Wildman–Crippen MR) is 114 cm³/mol. The second-order valence-electron chi connectivity index (χ2n) is 6.95. The number of hydrogen-bond acceptors (Lipinski definition) is 5. The van der Waals surface area contributed by atoms with Gasteiger partial charge < -0.3 is 18.6 Å². The summed E-state index contributed by atoms with van der Waals surface area (Å²) >= 11 is 0. The van der Waals surface area contributed by atoms with Crippen LogP contribution in [0.5, 0.6) is 17.2 Å². The van der Waals surface area contributed by atoms with Crippen LogP contribution in [0.4, 0.5) is 0 Å². The zero-order valence-electron chi connectivity index (χ0n) is 17.2. The summed E-state index contributed by atoms with van der Waals surface area (Å²) in [5.74, 6) is 2.82. The zero-order chi connectivity index (χ0) is 20.5. The molecule has 3 aromatic carbocycles. The molecular formula is C24H23NO4. The fourth-order valence-corrected chi connectivity index (χ4v) is 3.60. The van der Waals surface area contributed by atoms with E-state index in [2.05, 4.69) is 37.0 Å². The van der Waals surface area contributed by atoms with E-state index in [1.54, 1.807) is 21.3 Å². The fourth-order valence-electron chi connectivity index (χ4n) is 3.60. The van der Waals surface area contributed by atoms with Crippen LogP contribution in [0.2, 0.25) is 0 Å². The zero-order valence-corrected chi connectivity index (χ0v) is 17.2. The van der Waals surface area contributed by atoms with Crippen LogP contribution in [0.15, 0.2) is 52.9 Å². The molecule has 0 fully saturated rings. The van der Waals surface area contributed by atoms with Gasteiger partial charge >= 0.3 is 0 Å². The third-order valence-electron chi connectivity index (χ3n) is 4.98. The molecule has 0 amide bonds. The summed E-state index contributed by atoms with van der Waals surface area (Å²) in [5, 5.41) is 0. The summed E-state index contributed by atoms with van der Waals surface area (Å²) in [4.78, 5) is 4.63. The molecule has 0 spiro atoms. The number of aromatic nitrogens is 1. The number of fused-ring (bicyclic) bond motifs is 1. The molecule has 0 radical (unpaired) electrons. The molecule has 1 heterocycles. The lowest BCUT2D eigenvalue weighted by molar-refractivity contribution is 0.394. The third kappa shape index (κ3) is 3.51. The molecule has 1 aromatic heterocycles. The van der Waals surface area contributed by atoms with Crippen molar-refractivity contribution in [1.29, 1.82) is 0 Å². The Morgan fingerprint density at radius 1 is 0.690 bits per heavy atom. The maximum absolute atomic E-state index is 6.07. The first kappa shape index (κ1) is 18.9. The van der Waals surface area contributed by atoms with E-state index in [-0.39, 0.29) is 0 Å². The van der Waals surface area contributed by atoms with Crippen LogP contribution >= 0.6 is 0 Å². The van der Waals surface area contributed by atoms with Crippen molar-refractivity contribution >= 4 is 11.1 Å². The van der Waals surface area contributed by atoms with Crippen molar-refractivity contribution in [3.8, 4) is 39.8 Å². The largest absolute Gasteiger partial charge is 0.497 e. The van der Waals surface area contributed by atoms with Crippen molar-refractivity contribution in [3.05, 3.63) is 59.7 Å². The summed E-state index contributed by atoms with van der Waals surface area (Å²) in [7, 11) is 4.94. The molecule has 0 aliphatic carbocycles. The lowest BCUT2D eigenvalue weighted by Gasteiger charge is -2.11. The van der Waals surface area contributed by atoms with Crippen molar-refractivity contribution in [2.24, 2.45) is 0 Å². The molecular weight excluding hydrogens is 366 g/mol. The average molecular weight is 389 g/mol. The predicted octanol–water partition coefficient (Wildman–Crippen LogP) is 5.80. The van der Waals surface area contributed by atoms with Crippen LogP contribution in [-0.2, 0) is 0 Å². The van der Waals surface area contributed by atoms with Gasteiger partial charge in [0.2, 0.25) is 5.89 Å². The van der Waals surface area contributed by atoms with Crippen molar-refractivity contribution in [1.82, 2.24) is 4.98 Å². The van der Waals surface area contributed by atoms with E-state index in [0.717, 1.165) is 44.7 Å². The molecule has 29 heavy (non-hydrogen) atoms. The van der Waals surface area contributed by atoms with Gasteiger partial charge in [-0.2, -0.15) is 0 Å². The smallest absolute Gasteiger partial charge is 0.227 e. The van der Waals surface area contributed by atoms with Gasteiger partial charge in [0.15, 0.2) is 5.58 Å². The van der Waals surface area contributed by atoms with Gasteiger partial charge in [-0.1, -0.05) is 6.07 Å². The number of hydrogen-bond donors (Lipinski definition) is 0. The minimum atomic E-state index is 0.524. The van der Waals surface area contributed by atoms with Crippen molar-refractivity contribution in [2.75, 3.05) is 21.3 Å². The van der Waals surface area contributed by atoms with Crippen LogP contribution in [0.1, 0.15) is 11.1 Å². The van der Waals surface area contributed by atoms with Gasteiger partial charge in [-0.15, -0.1) is 0 Å². The third-order valence-corrected chi connectivity index (χ3v) is 4.98. The summed E-state index contributed by atoms with van der Waals surface area (Å²) in [5.41, 5.74) is 6.71. The van der Waals surface area contributed by atoms with E-state index >= 15 is 0 Å². The molecule has 5 heteroatoms. The number of benzene rings is 3. The molecule has 5 nitrogen and oxygen atoms in total. The van der Waals surface area contributed by atoms with Crippen LogP contribution in [0.25, 0.3) is 33.7 Å². The maximum atomic E-state index is 6.07. The van der Waals surface area contributed by atoms with Crippen LogP contribution in [-0.4, -0.2) is 26.3 Å². The van der Waals surface area contributed by atoms with Gasteiger partial charge in [-0.05, 0) is 72.5 Å². The average Bonchev–Trinajstić information content (AvgIpc) is 3.16. The Labute approximate surface area is 169 Å². The first-order chi connectivity index (χ1) is 14.0. The molecule has 0 saturated carbocycles. The van der Waals surface area contributed by atoms with Gasteiger partial charge in [0.1, 0.15) is 22.8 Å². The number of oxazole rings is 1. The fraction of sp³-hybridized carbons (Fsp3) is 0.208. The Balaban J connectivity index is 1.78. The highest BCUT2D eigenvalue weighted by atomic mass is 16.5. The van der Waals surface area contributed by atoms with Crippen molar-refractivity contribution in [3.63, 3.8) is 0 Å². The quantitative estimate of drug-likeness (QED) is 0.431. The van der Waals surface area contributed by atoms with E-state index in [4.69, 9.17) is 18.6 Å². The molecule has 0 aliphatic rings. The van der Waals surface area contributed by atoms with Gasteiger partial charge in [-0.3, -0.25) is 0 Å². The van der Waals surface area contributed by atoms with Crippen molar-refractivity contribution in [2.45, 2.75) is 13.8 Å². The number of methoxy groups -OCH3 is 3. The molecule has 0 bridgehead atoms. The summed E-state index contributed by atoms with van der Waals surface area (Å²) in [6, 6.07) is 15.9. The van der Waals surface area contributed by atoms with E-state index in [9.17, 15) is 0 Å². The molecule has 148 valence electrons. The molecule has 0 atom stereocenters. The van der Waals surface area contributed by atoms with Crippen LogP contribution in [0, 0.1) is 13.8 Å². The van der Waals surface area contributed by atoms with Crippen LogP contribution < -0.4 is 14.2 Å². The summed E-state index contributed by atoms with van der Waals surface area (Å²) in [6.07, 6.45) is 0. The second kappa shape index (κ2) is 7.51. The lowest BCUT2D eigenvalue weighted by atomic mass is 9.99. The summed E-state index contributed by atoms with van der Waals surface area (Å²) in [6.45, 7) is 4.10. The number of aryl methyl sites for hydroxylation is 2.